The molecule has 10 heteroatoms. The van der Waals surface area contributed by atoms with Crippen LogP contribution in [0.2, 0.25) is 5.02 Å². The summed E-state index contributed by atoms with van der Waals surface area (Å²) in [5.74, 6) is -0.520. The molecule has 32 heavy (non-hydrogen) atoms. The SMILES string of the molecule is Cc1cc(C(=O)COC(=O)c2cc(S(=O)(=O)N(C)C)ccc2Cl)c(C)n1Cc1ccco1. The van der Waals surface area contributed by atoms with Gasteiger partial charge in [-0.15, -0.1) is 0 Å². The van der Waals surface area contributed by atoms with Gasteiger partial charge in [-0.3, -0.25) is 4.79 Å². The zero-order chi connectivity index (χ0) is 23.6. The lowest BCUT2D eigenvalue weighted by molar-refractivity contribution is 0.0474. The number of furan rings is 1. The highest BCUT2D eigenvalue weighted by Crippen LogP contribution is 2.23. The van der Waals surface area contributed by atoms with E-state index in [1.165, 1.54) is 26.2 Å². The predicted molar refractivity (Wildman–Crippen MR) is 119 cm³/mol. The zero-order valence-corrected chi connectivity index (χ0v) is 19.7. The van der Waals surface area contributed by atoms with Gasteiger partial charge in [-0.25, -0.2) is 17.5 Å². The van der Waals surface area contributed by atoms with E-state index in [2.05, 4.69) is 0 Å². The molecule has 0 fully saturated rings. The maximum atomic E-state index is 12.7. The molecule has 0 saturated heterocycles. The second-order valence-corrected chi connectivity index (χ2v) is 9.94. The van der Waals surface area contributed by atoms with Gasteiger partial charge in [0.25, 0.3) is 0 Å². The summed E-state index contributed by atoms with van der Waals surface area (Å²) in [6.07, 6.45) is 1.58. The Morgan fingerprint density at radius 2 is 1.84 bits per heavy atom. The van der Waals surface area contributed by atoms with Gasteiger partial charge in [-0.05, 0) is 50.2 Å². The summed E-state index contributed by atoms with van der Waals surface area (Å²) in [4.78, 5) is 25.1. The number of hydrogen-bond acceptors (Lipinski definition) is 6. The Balaban J connectivity index is 1.75. The minimum atomic E-state index is -3.76. The lowest BCUT2D eigenvalue weighted by atomic mass is 10.1. The Bertz CT molecular complexity index is 1260. The van der Waals surface area contributed by atoms with Crippen molar-refractivity contribution in [2.75, 3.05) is 20.7 Å². The summed E-state index contributed by atoms with van der Waals surface area (Å²) in [7, 11) is -1.01. The maximum Gasteiger partial charge on any atom is 0.340 e. The number of hydrogen-bond donors (Lipinski definition) is 0. The van der Waals surface area contributed by atoms with E-state index in [1.54, 1.807) is 25.3 Å². The maximum absolute atomic E-state index is 12.7. The lowest BCUT2D eigenvalue weighted by Crippen LogP contribution is -2.22. The molecule has 3 aromatic rings. The third kappa shape index (κ3) is 4.79. The molecule has 0 atom stereocenters. The summed E-state index contributed by atoms with van der Waals surface area (Å²) in [5, 5.41) is 0.0248. The van der Waals surface area contributed by atoms with E-state index in [1.807, 2.05) is 17.6 Å². The van der Waals surface area contributed by atoms with Crippen molar-refractivity contribution >= 4 is 33.4 Å². The van der Waals surface area contributed by atoms with Gasteiger partial charge >= 0.3 is 5.97 Å². The number of carbonyl (C=O) groups excluding carboxylic acids is 2. The molecule has 0 aliphatic heterocycles. The van der Waals surface area contributed by atoms with Crippen molar-refractivity contribution in [1.82, 2.24) is 8.87 Å². The monoisotopic (exact) mass is 478 g/mol. The third-order valence-electron chi connectivity index (χ3n) is 5.04. The number of halogens is 1. The van der Waals surface area contributed by atoms with Crippen molar-refractivity contribution in [1.29, 1.82) is 0 Å². The second-order valence-electron chi connectivity index (χ2n) is 7.38. The zero-order valence-electron chi connectivity index (χ0n) is 18.1. The van der Waals surface area contributed by atoms with Crippen LogP contribution in [0.5, 0.6) is 0 Å². The predicted octanol–water partition coefficient (Wildman–Crippen LogP) is 3.69. The fourth-order valence-electron chi connectivity index (χ4n) is 3.20. The highest BCUT2D eigenvalue weighted by atomic mass is 35.5. The number of carbonyl (C=O) groups is 2. The normalized spacial score (nSPS) is 11.7. The van der Waals surface area contributed by atoms with Gasteiger partial charge in [-0.1, -0.05) is 11.6 Å². The quantitative estimate of drug-likeness (QED) is 0.361. The number of sulfonamides is 1. The molecule has 0 aliphatic carbocycles. The van der Waals surface area contributed by atoms with Crippen molar-refractivity contribution in [2.24, 2.45) is 0 Å². The Kier molecular flexibility index (Phi) is 6.92. The Labute approximate surface area is 191 Å². The van der Waals surface area contributed by atoms with Crippen LogP contribution >= 0.6 is 11.6 Å². The van der Waals surface area contributed by atoms with Crippen molar-refractivity contribution in [2.45, 2.75) is 25.3 Å². The fourth-order valence-corrected chi connectivity index (χ4v) is 4.33. The largest absolute Gasteiger partial charge is 0.467 e. The molecule has 8 nitrogen and oxygen atoms in total. The first-order valence-corrected chi connectivity index (χ1v) is 11.5. The molecular formula is C22H23ClN2O6S. The summed E-state index contributed by atoms with van der Waals surface area (Å²) < 4.78 is 38.1. The number of rotatable bonds is 8. The van der Waals surface area contributed by atoms with Crippen LogP contribution in [-0.4, -0.2) is 49.7 Å². The number of Topliss-reactive ketones (excluding diaryl/α,β-unsaturated/α-hetero) is 1. The first kappa shape index (κ1) is 23.8. The molecule has 0 bridgehead atoms. The van der Waals surface area contributed by atoms with Gasteiger partial charge in [-0.2, -0.15) is 0 Å². The van der Waals surface area contributed by atoms with Gasteiger partial charge in [0.2, 0.25) is 15.8 Å². The third-order valence-corrected chi connectivity index (χ3v) is 7.18. The van der Waals surface area contributed by atoms with Gasteiger partial charge in [0.15, 0.2) is 6.61 Å². The summed E-state index contributed by atoms with van der Waals surface area (Å²) >= 11 is 6.06. The molecule has 0 amide bonds. The van der Waals surface area contributed by atoms with Gasteiger partial charge in [0.1, 0.15) is 5.76 Å². The fraction of sp³-hybridized carbons (Fsp3) is 0.273. The molecule has 0 N–H and O–H groups in total. The molecule has 170 valence electrons. The molecule has 0 aliphatic rings. The molecule has 0 spiro atoms. The number of ether oxygens (including phenoxy) is 1. The van der Waals surface area contributed by atoms with Crippen molar-refractivity contribution in [3.8, 4) is 0 Å². The van der Waals surface area contributed by atoms with Crippen LogP contribution in [0, 0.1) is 13.8 Å². The average molecular weight is 479 g/mol. The standard InChI is InChI=1S/C22H23ClN2O6S/c1-14-10-18(15(2)25(14)12-16-6-5-9-30-16)21(26)13-31-22(27)19-11-17(7-8-20(19)23)32(28,29)24(3)4/h5-11H,12-13H2,1-4H3. The van der Waals surface area contributed by atoms with Crippen molar-refractivity contribution in [3.63, 3.8) is 0 Å². The topological polar surface area (TPSA) is 98.8 Å². The number of ketones is 1. The average Bonchev–Trinajstić information content (AvgIpc) is 3.35. The smallest absolute Gasteiger partial charge is 0.340 e. The number of nitrogens with zero attached hydrogens (tertiary/aromatic N) is 2. The van der Waals surface area contributed by atoms with Gasteiger partial charge in [0.05, 0.1) is 28.3 Å². The van der Waals surface area contributed by atoms with E-state index in [0.717, 1.165) is 27.5 Å². The lowest BCUT2D eigenvalue weighted by Gasteiger charge is -2.13. The number of esters is 1. The van der Waals surface area contributed by atoms with Crippen LogP contribution in [0.3, 0.4) is 0 Å². The van der Waals surface area contributed by atoms with Crippen molar-refractivity contribution in [3.05, 3.63) is 76.0 Å². The summed E-state index contributed by atoms with van der Waals surface area (Å²) in [6.45, 7) is 3.64. The molecule has 3 rings (SSSR count). The van der Waals surface area contributed by atoms with Crippen LogP contribution in [0.15, 0.2) is 52.0 Å². The van der Waals surface area contributed by atoms with Crippen LogP contribution in [-0.2, 0) is 21.3 Å². The molecule has 0 unspecified atom stereocenters. The minimum Gasteiger partial charge on any atom is -0.467 e. The van der Waals surface area contributed by atoms with Crippen LogP contribution < -0.4 is 0 Å². The van der Waals surface area contributed by atoms with Crippen LogP contribution in [0.4, 0.5) is 0 Å². The second kappa shape index (κ2) is 9.32. The van der Waals surface area contributed by atoms with Crippen molar-refractivity contribution < 1.29 is 27.2 Å². The number of aromatic nitrogens is 1. The minimum absolute atomic E-state index is 0.0248. The first-order chi connectivity index (χ1) is 15.0. The van der Waals surface area contributed by atoms with E-state index in [4.69, 9.17) is 20.8 Å². The molecule has 2 aromatic heterocycles. The molecule has 2 heterocycles. The Morgan fingerprint density at radius 1 is 1.12 bits per heavy atom. The highest BCUT2D eigenvalue weighted by Gasteiger charge is 2.23. The molecule has 1 aromatic carbocycles. The van der Waals surface area contributed by atoms with E-state index in [0.29, 0.717) is 12.1 Å². The van der Waals surface area contributed by atoms with E-state index >= 15 is 0 Å². The molecule has 0 saturated carbocycles. The summed E-state index contributed by atoms with van der Waals surface area (Å²) in [5.41, 5.74) is 1.87. The highest BCUT2D eigenvalue weighted by molar-refractivity contribution is 7.89. The Morgan fingerprint density at radius 3 is 2.47 bits per heavy atom. The van der Waals surface area contributed by atoms with E-state index in [9.17, 15) is 18.0 Å². The van der Waals surface area contributed by atoms with E-state index in [-0.39, 0.29) is 21.3 Å². The van der Waals surface area contributed by atoms with Gasteiger partial charge in [0, 0.05) is 31.0 Å². The van der Waals surface area contributed by atoms with Gasteiger partial charge < -0.3 is 13.7 Å². The first-order valence-electron chi connectivity index (χ1n) is 9.64. The molecular weight excluding hydrogens is 456 g/mol. The summed E-state index contributed by atoms with van der Waals surface area (Å²) in [6, 6.07) is 9.10. The van der Waals surface area contributed by atoms with E-state index < -0.39 is 22.6 Å². The van der Waals surface area contributed by atoms with Crippen LogP contribution in [0.1, 0.15) is 37.9 Å². The Hall–Kier alpha value is -2.88. The van der Waals surface area contributed by atoms with Crippen LogP contribution in [0.25, 0.3) is 0 Å². The number of benzene rings is 1. The number of aryl methyl sites for hydroxylation is 1. The molecule has 0 radical (unpaired) electrons.